The molecule has 1 rings (SSSR count). The van der Waals surface area contributed by atoms with Crippen molar-refractivity contribution < 1.29 is 5.11 Å². The predicted octanol–water partition coefficient (Wildman–Crippen LogP) is 2.62. The van der Waals surface area contributed by atoms with E-state index in [1.807, 2.05) is 6.92 Å². The molecule has 1 nitrogen and oxygen atoms in total. The first kappa shape index (κ1) is 10.1. The van der Waals surface area contributed by atoms with Gasteiger partial charge in [0.25, 0.3) is 0 Å². The maximum atomic E-state index is 9.98. The first-order valence-electron chi connectivity index (χ1n) is 4.53. The van der Waals surface area contributed by atoms with Crippen LogP contribution in [0.25, 0.3) is 0 Å². The lowest BCUT2D eigenvalue weighted by Crippen LogP contribution is -2.38. The standard InChI is InChI=1S/C10H18OS/c1-7(2)9-5-4-8(3)6-10(9,11)12/h8-9,11-12H,1,4-6H2,2-3H3. The van der Waals surface area contributed by atoms with Crippen LogP contribution in [0.3, 0.4) is 0 Å². The van der Waals surface area contributed by atoms with E-state index in [2.05, 4.69) is 26.1 Å². The van der Waals surface area contributed by atoms with Gasteiger partial charge in [-0.2, -0.15) is 0 Å². The fourth-order valence-corrected chi connectivity index (χ4v) is 2.74. The Hall–Kier alpha value is 0.0500. The van der Waals surface area contributed by atoms with Crippen LogP contribution in [-0.2, 0) is 0 Å². The normalized spacial score (nSPS) is 42.7. The molecule has 0 amide bonds. The second-order valence-electron chi connectivity index (χ2n) is 4.16. The van der Waals surface area contributed by atoms with Crippen molar-refractivity contribution in [2.24, 2.45) is 11.8 Å². The Bertz CT molecular complexity index is 186. The van der Waals surface area contributed by atoms with Crippen LogP contribution in [0.1, 0.15) is 33.1 Å². The molecule has 12 heavy (non-hydrogen) atoms. The molecule has 3 unspecified atom stereocenters. The van der Waals surface area contributed by atoms with Gasteiger partial charge < -0.3 is 5.11 Å². The zero-order valence-electron chi connectivity index (χ0n) is 7.88. The highest BCUT2D eigenvalue weighted by Gasteiger charge is 2.38. The molecule has 0 saturated heterocycles. The molecule has 0 bridgehead atoms. The minimum Gasteiger partial charge on any atom is -0.379 e. The molecule has 0 radical (unpaired) electrons. The van der Waals surface area contributed by atoms with Crippen LogP contribution in [0.15, 0.2) is 12.2 Å². The van der Waals surface area contributed by atoms with E-state index < -0.39 is 4.93 Å². The number of thiol groups is 1. The van der Waals surface area contributed by atoms with Crippen molar-refractivity contribution in [1.82, 2.24) is 0 Å². The first-order valence-corrected chi connectivity index (χ1v) is 4.98. The zero-order valence-corrected chi connectivity index (χ0v) is 8.77. The van der Waals surface area contributed by atoms with Crippen molar-refractivity contribution in [2.45, 2.75) is 38.0 Å². The summed E-state index contributed by atoms with van der Waals surface area (Å²) in [6.07, 6.45) is 2.99. The third-order valence-electron chi connectivity index (χ3n) is 2.75. The van der Waals surface area contributed by atoms with Crippen molar-refractivity contribution in [1.29, 1.82) is 0 Å². The Morgan fingerprint density at radius 1 is 1.58 bits per heavy atom. The van der Waals surface area contributed by atoms with E-state index in [1.54, 1.807) is 0 Å². The molecule has 1 aliphatic rings. The van der Waals surface area contributed by atoms with Crippen molar-refractivity contribution in [3.8, 4) is 0 Å². The molecular formula is C10H18OS. The van der Waals surface area contributed by atoms with Crippen LogP contribution in [-0.4, -0.2) is 10.0 Å². The Morgan fingerprint density at radius 2 is 2.17 bits per heavy atom. The van der Waals surface area contributed by atoms with E-state index in [9.17, 15) is 5.11 Å². The van der Waals surface area contributed by atoms with Gasteiger partial charge in [-0.3, -0.25) is 0 Å². The second-order valence-corrected chi connectivity index (χ2v) is 4.94. The topological polar surface area (TPSA) is 20.2 Å². The molecule has 0 aromatic rings. The molecule has 0 heterocycles. The molecule has 0 spiro atoms. The van der Waals surface area contributed by atoms with Gasteiger partial charge in [-0.1, -0.05) is 19.1 Å². The summed E-state index contributed by atoms with van der Waals surface area (Å²) in [7, 11) is 0. The molecule has 2 heteroatoms. The summed E-state index contributed by atoms with van der Waals surface area (Å²) < 4.78 is 0. The third kappa shape index (κ3) is 2.05. The highest BCUT2D eigenvalue weighted by molar-refractivity contribution is 7.81. The SMILES string of the molecule is C=C(C)C1CCC(C)CC1(O)S. The van der Waals surface area contributed by atoms with Crippen molar-refractivity contribution >= 4 is 12.6 Å². The molecule has 70 valence electrons. The van der Waals surface area contributed by atoms with Crippen LogP contribution >= 0.6 is 12.6 Å². The second kappa shape index (κ2) is 3.43. The lowest BCUT2D eigenvalue weighted by Gasteiger charge is -2.39. The van der Waals surface area contributed by atoms with Crippen molar-refractivity contribution in [3.63, 3.8) is 0 Å². The fraction of sp³-hybridized carbons (Fsp3) is 0.800. The first-order chi connectivity index (χ1) is 5.43. The van der Waals surface area contributed by atoms with Gasteiger partial charge in [-0.15, -0.1) is 12.6 Å². The van der Waals surface area contributed by atoms with Crippen molar-refractivity contribution in [2.75, 3.05) is 0 Å². The summed E-state index contributed by atoms with van der Waals surface area (Å²) >= 11 is 4.31. The molecule has 3 atom stereocenters. The van der Waals surface area contributed by atoms with Gasteiger partial charge in [-0.25, -0.2) is 0 Å². The highest BCUT2D eigenvalue weighted by atomic mass is 32.1. The van der Waals surface area contributed by atoms with Gasteiger partial charge >= 0.3 is 0 Å². The average Bonchev–Trinajstić information content (AvgIpc) is 1.82. The summed E-state index contributed by atoms with van der Waals surface area (Å²) in [4.78, 5) is -0.816. The molecule has 1 saturated carbocycles. The van der Waals surface area contributed by atoms with Gasteiger partial charge in [0.15, 0.2) is 0 Å². The Balaban J connectivity index is 2.70. The van der Waals surface area contributed by atoms with Crippen molar-refractivity contribution in [3.05, 3.63) is 12.2 Å². The summed E-state index contributed by atoms with van der Waals surface area (Å²) in [6.45, 7) is 8.03. The number of hydrogen-bond acceptors (Lipinski definition) is 2. The minimum absolute atomic E-state index is 0.178. The van der Waals surface area contributed by atoms with Crippen LogP contribution in [0.4, 0.5) is 0 Å². The molecular weight excluding hydrogens is 168 g/mol. The Kier molecular flexibility index (Phi) is 2.89. The largest absolute Gasteiger partial charge is 0.379 e. The molecule has 1 N–H and O–H groups in total. The van der Waals surface area contributed by atoms with Gasteiger partial charge in [0.1, 0.15) is 4.93 Å². The maximum absolute atomic E-state index is 9.98. The van der Waals surface area contributed by atoms with Gasteiger partial charge in [0.2, 0.25) is 0 Å². The molecule has 1 aliphatic carbocycles. The fourth-order valence-electron chi connectivity index (χ4n) is 2.08. The Morgan fingerprint density at radius 3 is 2.58 bits per heavy atom. The average molecular weight is 186 g/mol. The highest BCUT2D eigenvalue weighted by Crippen LogP contribution is 2.42. The van der Waals surface area contributed by atoms with Crippen LogP contribution in [0, 0.1) is 11.8 Å². The summed E-state index contributed by atoms with van der Waals surface area (Å²) in [5, 5.41) is 9.98. The smallest absolute Gasteiger partial charge is 0.114 e. The lowest BCUT2D eigenvalue weighted by atomic mass is 9.77. The van der Waals surface area contributed by atoms with Crippen LogP contribution in [0.2, 0.25) is 0 Å². The van der Waals surface area contributed by atoms with E-state index in [1.165, 1.54) is 6.42 Å². The van der Waals surface area contributed by atoms with Gasteiger partial charge in [0.05, 0.1) is 0 Å². The van der Waals surface area contributed by atoms with Gasteiger partial charge in [0, 0.05) is 5.92 Å². The zero-order chi connectivity index (χ0) is 9.35. The van der Waals surface area contributed by atoms with Gasteiger partial charge in [-0.05, 0) is 32.1 Å². The molecule has 0 aromatic carbocycles. The minimum atomic E-state index is -0.816. The number of rotatable bonds is 1. The summed E-state index contributed by atoms with van der Waals surface area (Å²) in [6, 6.07) is 0. The van der Waals surface area contributed by atoms with E-state index in [0.29, 0.717) is 5.92 Å². The Labute approximate surface area is 80.3 Å². The molecule has 0 aromatic heterocycles. The van der Waals surface area contributed by atoms with Crippen LogP contribution < -0.4 is 0 Å². The monoisotopic (exact) mass is 186 g/mol. The third-order valence-corrected chi connectivity index (χ3v) is 3.24. The van der Waals surface area contributed by atoms with Crippen LogP contribution in [0.5, 0.6) is 0 Å². The summed E-state index contributed by atoms with van der Waals surface area (Å²) in [5.41, 5.74) is 1.06. The van der Waals surface area contributed by atoms with E-state index in [0.717, 1.165) is 18.4 Å². The van der Waals surface area contributed by atoms with E-state index in [-0.39, 0.29) is 5.92 Å². The summed E-state index contributed by atoms with van der Waals surface area (Å²) in [5.74, 6) is 0.764. The predicted molar refractivity (Wildman–Crippen MR) is 55.3 cm³/mol. The number of aliphatic hydroxyl groups is 1. The quantitative estimate of drug-likeness (QED) is 0.366. The lowest BCUT2D eigenvalue weighted by molar-refractivity contribution is 0.0348. The van der Waals surface area contributed by atoms with E-state index in [4.69, 9.17) is 0 Å². The molecule has 1 fully saturated rings. The maximum Gasteiger partial charge on any atom is 0.114 e. The molecule has 0 aliphatic heterocycles. The number of hydrogen-bond donors (Lipinski definition) is 2. The van der Waals surface area contributed by atoms with E-state index >= 15 is 0 Å².